The lowest BCUT2D eigenvalue weighted by molar-refractivity contribution is -0.118. The summed E-state index contributed by atoms with van der Waals surface area (Å²) in [6.07, 6.45) is -0.134. The molecule has 0 bridgehead atoms. The van der Waals surface area contributed by atoms with Crippen molar-refractivity contribution in [3.05, 3.63) is 53.6 Å². The van der Waals surface area contributed by atoms with Crippen LogP contribution >= 0.6 is 11.6 Å². The van der Waals surface area contributed by atoms with Gasteiger partial charge in [-0.2, -0.15) is 4.98 Å². The number of phenolic OH excluding ortho intramolecular Hbond substituents is 1. The zero-order valence-corrected chi connectivity index (χ0v) is 13.0. The first-order valence-electron chi connectivity index (χ1n) is 6.92. The molecule has 3 aromatic rings. The minimum atomic E-state index is -0.404. The highest BCUT2D eigenvalue weighted by Crippen LogP contribution is 2.26. The molecular formula is C16H12ClN3O4. The van der Waals surface area contributed by atoms with Gasteiger partial charge in [-0.1, -0.05) is 28.9 Å². The molecule has 0 saturated heterocycles. The minimum absolute atomic E-state index is 0.113. The first kappa shape index (κ1) is 15.8. The number of amides is 1. The van der Waals surface area contributed by atoms with Gasteiger partial charge < -0.3 is 15.2 Å². The van der Waals surface area contributed by atoms with Crippen molar-refractivity contribution in [3.8, 4) is 23.2 Å². The van der Waals surface area contributed by atoms with Gasteiger partial charge in [0.1, 0.15) is 5.75 Å². The van der Waals surface area contributed by atoms with Crippen LogP contribution in [0.5, 0.6) is 11.8 Å². The van der Waals surface area contributed by atoms with Crippen molar-refractivity contribution in [2.75, 3.05) is 11.9 Å². The average molecular weight is 346 g/mol. The van der Waals surface area contributed by atoms with Crippen molar-refractivity contribution in [1.82, 2.24) is 10.1 Å². The van der Waals surface area contributed by atoms with Crippen LogP contribution in [-0.4, -0.2) is 27.8 Å². The Hall–Kier alpha value is -3.06. The van der Waals surface area contributed by atoms with Crippen molar-refractivity contribution < 1.29 is 19.2 Å². The zero-order chi connectivity index (χ0) is 16.9. The Bertz CT molecular complexity index is 849. The van der Waals surface area contributed by atoms with Crippen LogP contribution in [0.4, 0.5) is 5.69 Å². The topological polar surface area (TPSA) is 97.5 Å². The number of benzene rings is 2. The van der Waals surface area contributed by atoms with Gasteiger partial charge in [0.2, 0.25) is 5.82 Å². The lowest BCUT2D eigenvalue weighted by atomic mass is 10.2. The number of hydrogen-bond donors (Lipinski definition) is 2. The van der Waals surface area contributed by atoms with Gasteiger partial charge in [0.25, 0.3) is 5.91 Å². The molecule has 8 heteroatoms. The molecule has 2 N–H and O–H groups in total. The van der Waals surface area contributed by atoms with Crippen molar-refractivity contribution in [1.29, 1.82) is 0 Å². The highest BCUT2D eigenvalue weighted by atomic mass is 35.5. The fraction of sp³-hybridized carbons (Fsp3) is 0.0625. The summed E-state index contributed by atoms with van der Waals surface area (Å²) in [7, 11) is 0. The summed E-state index contributed by atoms with van der Waals surface area (Å²) in [5.41, 5.74) is 1.13. The number of nitrogens with zero attached hydrogens (tertiary/aromatic N) is 2. The van der Waals surface area contributed by atoms with E-state index < -0.39 is 5.91 Å². The van der Waals surface area contributed by atoms with Crippen LogP contribution in [0.2, 0.25) is 5.02 Å². The number of ether oxygens (including phenoxy) is 1. The van der Waals surface area contributed by atoms with Crippen molar-refractivity contribution in [3.63, 3.8) is 0 Å². The molecule has 7 nitrogen and oxygen atoms in total. The second-order valence-corrected chi connectivity index (χ2v) is 5.15. The number of phenols is 1. The maximum Gasteiger partial charge on any atom is 0.418 e. The van der Waals surface area contributed by atoms with Gasteiger partial charge in [-0.15, -0.1) is 0 Å². The zero-order valence-electron chi connectivity index (χ0n) is 12.3. The smallest absolute Gasteiger partial charge is 0.418 e. The Labute approximate surface area is 141 Å². The van der Waals surface area contributed by atoms with Gasteiger partial charge in [0.15, 0.2) is 6.61 Å². The molecule has 0 aliphatic rings. The highest BCUT2D eigenvalue weighted by Gasteiger charge is 2.13. The average Bonchev–Trinajstić information content (AvgIpc) is 3.04. The molecule has 2 aromatic carbocycles. The van der Waals surface area contributed by atoms with E-state index in [2.05, 4.69) is 15.5 Å². The molecule has 0 atom stereocenters. The molecule has 0 fully saturated rings. The third-order valence-electron chi connectivity index (χ3n) is 3.00. The van der Waals surface area contributed by atoms with E-state index in [4.69, 9.17) is 20.9 Å². The molecule has 1 heterocycles. The van der Waals surface area contributed by atoms with Gasteiger partial charge in [-0.25, -0.2) is 0 Å². The number of carbonyl (C=O) groups excluding carboxylic acids is 1. The molecule has 0 radical (unpaired) electrons. The molecule has 0 saturated carbocycles. The number of carbonyl (C=O) groups is 1. The van der Waals surface area contributed by atoms with E-state index in [1.807, 2.05) is 0 Å². The summed E-state index contributed by atoms with van der Waals surface area (Å²) in [6.45, 7) is -0.301. The molecule has 3 rings (SSSR count). The summed E-state index contributed by atoms with van der Waals surface area (Å²) < 4.78 is 10.1. The third-order valence-corrected chi connectivity index (χ3v) is 3.33. The SMILES string of the molecule is O=C(COc1nc(-c2ccccc2Cl)no1)Nc1ccc(O)cc1. The lowest BCUT2D eigenvalue weighted by Crippen LogP contribution is -2.20. The molecule has 0 aliphatic carbocycles. The Kier molecular flexibility index (Phi) is 4.62. The van der Waals surface area contributed by atoms with Crippen LogP contribution < -0.4 is 10.1 Å². The second kappa shape index (κ2) is 7.01. The van der Waals surface area contributed by atoms with Crippen LogP contribution in [-0.2, 0) is 4.79 Å². The van der Waals surface area contributed by atoms with Gasteiger partial charge in [-0.3, -0.25) is 9.32 Å². The summed E-state index contributed by atoms with van der Waals surface area (Å²) in [5.74, 6) is -0.0186. The van der Waals surface area contributed by atoms with E-state index in [9.17, 15) is 9.90 Å². The maximum atomic E-state index is 11.8. The first-order valence-corrected chi connectivity index (χ1v) is 7.30. The van der Waals surface area contributed by atoms with E-state index in [-0.39, 0.29) is 24.3 Å². The van der Waals surface area contributed by atoms with Gasteiger partial charge in [-0.05, 0) is 36.4 Å². The number of aromatic nitrogens is 2. The summed E-state index contributed by atoms with van der Waals surface area (Å²) >= 11 is 6.05. The van der Waals surface area contributed by atoms with Crippen LogP contribution in [0.15, 0.2) is 53.1 Å². The molecular weight excluding hydrogens is 334 g/mol. The number of anilines is 1. The molecule has 1 amide bonds. The van der Waals surface area contributed by atoms with Crippen molar-refractivity contribution in [2.45, 2.75) is 0 Å². The molecule has 0 spiro atoms. The quantitative estimate of drug-likeness (QED) is 0.689. The standard InChI is InChI=1S/C16H12ClN3O4/c17-13-4-2-1-3-12(13)15-19-16(24-20-15)23-9-14(22)18-10-5-7-11(21)8-6-10/h1-8,21H,9H2,(H,18,22). The largest absolute Gasteiger partial charge is 0.508 e. The lowest BCUT2D eigenvalue weighted by Gasteiger charge is -2.04. The Morgan fingerprint density at radius 2 is 1.96 bits per heavy atom. The molecule has 122 valence electrons. The molecule has 24 heavy (non-hydrogen) atoms. The predicted octanol–water partition coefficient (Wildman–Crippen LogP) is 3.11. The van der Waals surface area contributed by atoms with Gasteiger partial charge in [0, 0.05) is 11.3 Å². The Morgan fingerprint density at radius 1 is 1.21 bits per heavy atom. The monoisotopic (exact) mass is 345 g/mol. The van der Waals surface area contributed by atoms with E-state index >= 15 is 0 Å². The van der Waals surface area contributed by atoms with E-state index in [1.54, 1.807) is 36.4 Å². The van der Waals surface area contributed by atoms with Crippen LogP contribution in [0.1, 0.15) is 0 Å². The van der Waals surface area contributed by atoms with E-state index in [0.717, 1.165) is 0 Å². The fourth-order valence-electron chi connectivity index (χ4n) is 1.89. The van der Waals surface area contributed by atoms with Crippen LogP contribution in [0, 0.1) is 0 Å². The number of halogens is 1. The van der Waals surface area contributed by atoms with Gasteiger partial charge >= 0.3 is 6.08 Å². The van der Waals surface area contributed by atoms with Gasteiger partial charge in [0.05, 0.1) is 5.02 Å². The number of aromatic hydroxyl groups is 1. The van der Waals surface area contributed by atoms with Crippen molar-refractivity contribution in [2.24, 2.45) is 0 Å². The number of rotatable bonds is 5. The Balaban J connectivity index is 1.58. The Morgan fingerprint density at radius 3 is 2.71 bits per heavy atom. The predicted molar refractivity (Wildman–Crippen MR) is 87.0 cm³/mol. The minimum Gasteiger partial charge on any atom is -0.508 e. The normalized spacial score (nSPS) is 10.4. The van der Waals surface area contributed by atoms with E-state index in [0.29, 0.717) is 16.3 Å². The highest BCUT2D eigenvalue weighted by molar-refractivity contribution is 6.33. The van der Waals surface area contributed by atoms with Crippen molar-refractivity contribution >= 4 is 23.2 Å². The molecule has 0 unspecified atom stereocenters. The maximum absolute atomic E-state index is 11.8. The number of nitrogens with one attached hydrogen (secondary N) is 1. The molecule has 0 aliphatic heterocycles. The first-order chi connectivity index (χ1) is 11.6. The molecule has 1 aromatic heterocycles. The van der Waals surface area contributed by atoms with E-state index in [1.165, 1.54) is 12.1 Å². The van der Waals surface area contributed by atoms with Crippen LogP contribution in [0.25, 0.3) is 11.4 Å². The fourth-order valence-corrected chi connectivity index (χ4v) is 2.11. The number of hydrogen-bond acceptors (Lipinski definition) is 6. The second-order valence-electron chi connectivity index (χ2n) is 4.75. The summed E-state index contributed by atoms with van der Waals surface area (Å²) in [6, 6.07) is 13.1. The summed E-state index contributed by atoms with van der Waals surface area (Å²) in [5, 5.41) is 16.0. The van der Waals surface area contributed by atoms with Crippen LogP contribution in [0.3, 0.4) is 0 Å². The summed E-state index contributed by atoms with van der Waals surface area (Å²) in [4.78, 5) is 15.8. The third kappa shape index (κ3) is 3.82.